The Hall–Kier alpha value is -0.157. The zero-order valence-corrected chi connectivity index (χ0v) is 8.25. The van der Waals surface area contributed by atoms with E-state index < -0.39 is 0 Å². The molecule has 0 aliphatic carbocycles. The van der Waals surface area contributed by atoms with Crippen LogP contribution in [-0.2, 0) is 19.5 Å². The molecule has 0 atom stereocenters. The van der Waals surface area contributed by atoms with Gasteiger partial charge in [0.05, 0.1) is 0 Å². The van der Waals surface area contributed by atoms with Gasteiger partial charge in [-0.2, -0.15) is 34.9 Å². The molecule has 1 heteroatoms. The Morgan fingerprint density at radius 3 is 1.70 bits per heavy atom. The van der Waals surface area contributed by atoms with Crippen LogP contribution in [0, 0.1) is 26.8 Å². The Kier molecular flexibility index (Phi) is 3.82. The summed E-state index contributed by atoms with van der Waals surface area (Å²) < 4.78 is 0. The van der Waals surface area contributed by atoms with Crippen LogP contribution in [-0.4, -0.2) is 0 Å². The molecule has 0 unspecified atom stereocenters. The SMILES string of the molecule is Cc1[c-]c(C)cc(C)c1.[Ru+]. The third kappa shape index (κ3) is 2.62. The Morgan fingerprint density at radius 1 is 1.00 bits per heavy atom. The molecule has 0 saturated carbocycles. The minimum atomic E-state index is 0. The van der Waals surface area contributed by atoms with Crippen LogP contribution in [0.5, 0.6) is 0 Å². The maximum atomic E-state index is 3.21. The number of hydrogen-bond donors (Lipinski definition) is 0. The average molecular weight is 220 g/mol. The molecule has 0 saturated heterocycles. The molecule has 0 amide bonds. The van der Waals surface area contributed by atoms with Crippen molar-refractivity contribution < 1.29 is 19.5 Å². The summed E-state index contributed by atoms with van der Waals surface area (Å²) in [4.78, 5) is 0. The molecule has 0 heterocycles. The van der Waals surface area contributed by atoms with E-state index >= 15 is 0 Å². The monoisotopic (exact) mass is 221 g/mol. The summed E-state index contributed by atoms with van der Waals surface area (Å²) >= 11 is 0. The Morgan fingerprint density at radius 2 is 1.40 bits per heavy atom. The van der Waals surface area contributed by atoms with Gasteiger partial charge in [0.1, 0.15) is 0 Å². The van der Waals surface area contributed by atoms with Crippen LogP contribution in [0.2, 0.25) is 0 Å². The van der Waals surface area contributed by atoms with E-state index in [0.717, 1.165) is 0 Å². The first kappa shape index (κ1) is 9.84. The third-order valence-electron chi connectivity index (χ3n) is 1.28. The van der Waals surface area contributed by atoms with Gasteiger partial charge in [-0.25, -0.2) is 0 Å². The molecule has 0 aliphatic rings. The van der Waals surface area contributed by atoms with Crippen LogP contribution in [0.1, 0.15) is 16.7 Å². The third-order valence-corrected chi connectivity index (χ3v) is 1.28. The van der Waals surface area contributed by atoms with E-state index in [4.69, 9.17) is 0 Å². The molecule has 1 aromatic carbocycles. The summed E-state index contributed by atoms with van der Waals surface area (Å²) in [7, 11) is 0. The normalized spacial score (nSPS) is 8.70. The molecular weight excluding hydrogens is 209 g/mol. The van der Waals surface area contributed by atoms with Crippen LogP contribution in [0.4, 0.5) is 0 Å². The van der Waals surface area contributed by atoms with Crippen molar-refractivity contribution in [1.82, 2.24) is 0 Å². The number of hydrogen-bond acceptors (Lipinski definition) is 0. The summed E-state index contributed by atoms with van der Waals surface area (Å²) in [5, 5.41) is 0. The first-order valence-corrected chi connectivity index (χ1v) is 3.15. The predicted molar refractivity (Wildman–Crippen MR) is 39.5 cm³/mol. The van der Waals surface area contributed by atoms with Gasteiger partial charge in [-0.3, -0.25) is 0 Å². The van der Waals surface area contributed by atoms with Crippen LogP contribution in [0.15, 0.2) is 12.1 Å². The van der Waals surface area contributed by atoms with Gasteiger partial charge in [0, 0.05) is 0 Å². The first-order valence-electron chi connectivity index (χ1n) is 3.15. The van der Waals surface area contributed by atoms with Crippen LogP contribution < -0.4 is 0 Å². The van der Waals surface area contributed by atoms with Gasteiger partial charge in [-0.1, -0.05) is 20.8 Å². The molecule has 55 valence electrons. The largest absolute Gasteiger partial charge is 1.00 e. The summed E-state index contributed by atoms with van der Waals surface area (Å²) in [6, 6.07) is 7.47. The Bertz CT molecular complexity index is 165. The number of rotatable bonds is 0. The molecule has 10 heavy (non-hydrogen) atoms. The molecule has 1 rings (SSSR count). The van der Waals surface area contributed by atoms with E-state index in [1.54, 1.807) is 0 Å². The molecule has 1 radical (unpaired) electrons. The second-order valence-corrected chi connectivity index (χ2v) is 2.52. The van der Waals surface area contributed by atoms with Gasteiger partial charge >= 0.3 is 19.5 Å². The molecule has 0 fully saturated rings. The van der Waals surface area contributed by atoms with Gasteiger partial charge in [0.15, 0.2) is 0 Å². The van der Waals surface area contributed by atoms with E-state index in [-0.39, 0.29) is 19.5 Å². The topological polar surface area (TPSA) is 0 Å². The van der Waals surface area contributed by atoms with Crippen molar-refractivity contribution in [1.29, 1.82) is 0 Å². The van der Waals surface area contributed by atoms with Crippen molar-refractivity contribution >= 4 is 0 Å². The predicted octanol–water partition coefficient (Wildman–Crippen LogP) is 2.41. The molecule has 1 aromatic rings. The van der Waals surface area contributed by atoms with Gasteiger partial charge in [-0.15, -0.1) is 0 Å². The van der Waals surface area contributed by atoms with Crippen molar-refractivity contribution in [2.24, 2.45) is 0 Å². The molecule has 0 bridgehead atoms. The summed E-state index contributed by atoms with van der Waals surface area (Å²) in [5.74, 6) is 0. The zero-order chi connectivity index (χ0) is 6.85. The summed E-state index contributed by atoms with van der Waals surface area (Å²) in [6.45, 7) is 6.24. The van der Waals surface area contributed by atoms with E-state index in [1.165, 1.54) is 16.7 Å². The fraction of sp³-hybridized carbons (Fsp3) is 0.333. The average Bonchev–Trinajstić information content (AvgIpc) is 1.59. The van der Waals surface area contributed by atoms with E-state index in [9.17, 15) is 0 Å². The first-order chi connectivity index (χ1) is 4.18. The Labute approximate surface area is 75.4 Å². The minimum absolute atomic E-state index is 0. The second-order valence-electron chi connectivity index (χ2n) is 2.52. The second kappa shape index (κ2) is 3.88. The quantitative estimate of drug-likeness (QED) is 0.465. The Balaban J connectivity index is 0.000000810. The van der Waals surface area contributed by atoms with Crippen LogP contribution >= 0.6 is 0 Å². The van der Waals surface area contributed by atoms with Crippen LogP contribution in [0.3, 0.4) is 0 Å². The molecule has 0 aliphatic heterocycles. The fourth-order valence-electron chi connectivity index (χ4n) is 1.11. The summed E-state index contributed by atoms with van der Waals surface area (Å²) in [6.07, 6.45) is 0. The van der Waals surface area contributed by atoms with Gasteiger partial charge in [0.25, 0.3) is 0 Å². The van der Waals surface area contributed by atoms with Crippen molar-refractivity contribution in [2.45, 2.75) is 20.8 Å². The number of aryl methyl sites for hydroxylation is 3. The maximum Gasteiger partial charge on any atom is 1.00 e. The summed E-state index contributed by atoms with van der Waals surface area (Å²) in [5.41, 5.74) is 3.78. The zero-order valence-electron chi connectivity index (χ0n) is 6.51. The van der Waals surface area contributed by atoms with Gasteiger partial charge in [-0.05, 0) is 0 Å². The maximum absolute atomic E-state index is 3.21. The molecular formula is C9H11Ru. The molecule has 0 N–H and O–H groups in total. The molecule has 0 aromatic heterocycles. The molecule has 0 nitrogen and oxygen atoms in total. The molecule has 0 spiro atoms. The van der Waals surface area contributed by atoms with E-state index in [0.29, 0.717) is 0 Å². The van der Waals surface area contributed by atoms with Crippen molar-refractivity contribution in [3.63, 3.8) is 0 Å². The number of benzene rings is 1. The van der Waals surface area contributed by atoms with E-state index in [2.05, 4.69) is 39.0 Å². The fourth-order valence-corrected chi connectivity index (χ4v) is 1.11. The van der Waals surface area contributed by atoms with Crippen molar-refractivity contribution in [3.05, 3.63) is 34.9 Å². The van der Waals surface area contributed by atoms with Crippen LogP contribution in [0.25, 0.3) is 0 Å². The van der Waals surface area contributed by atoms with Gasteiger partial charge in [0.2, 0.25) is 0 Å². The standard InChI is InChI=1S/C9H11.Ru/c1-7-4-8(2)6-9(3)5-7;/h4-5H,1-3H3;/q-1;+1. The van der Waals surface area contributed by atoms with E-state index in [1.807, 2.05) is 0 Å². The minimum Gasteiger partial charge on any atom is -0.177 e. The van der Waals surface area contributed by atoms with Crippen molar-refractivity contribution in [3.8, 4) is 0 Å². The van der Waals surface area contributed by atoms with Crippen molar-refractivity contribution in [2.75, 3.05) is 0 Å². The smallest absolute Gasteiger partial charge is 0.177 e. The van der Waals surface area contributed by atoms with Gasteiger partial charge < -0.3 is 0 Å².